The standard InChI is InChI=1S/C19H18N2O4/c1-11-5-4-6-12(2)17(11)25-10-16(22)20-13-7-8-14-15(9-13)19(24)21(3)18(14)23/h4-9H,10H2,1-3H3,(H,20,22). The molecule has 1 aliphatic heterocycles. The van der Waals surface area contributed by atoms with E-state index in [1.807, 2.05) is 32.0 Å². The molecule has 1 aliphatic rings. The van der Waals surface area contributed by atoms with E-state index in [1.54, 1.807) is 12.1 Å². The largest absolute Gasteiger partial charge is 0.483 e. The summed E-state index contributed by atoms with van der Waals surface area (Å²) in [5.74, 6) is -0.360. The summed E-state index contributed by atoms with van der Waals surface area (Å²) in [4.78, 5) is 37.0. The Balaban J connectivity index is 1.68. The molecule has 128 valence electrons. The molecule has 0 unspecified atom stereocenters. The number of hydrogen-bond acceptors (Lipinski definition) is 4. The molecule has 0 fully saturated rings. The molecule has 3 rings (SSSR count). The molecule has 0 aromatic heterocycles. The van der Waals surface area contributed by atoms with E-state index in [2.05, 4.69) is 5.32 Å². The molecule has 0 radical (unpaired) electrons. The second-order valence-corrected chi connectivity index (χ2v) is 5.99. The van der Waals surface area contributed by atoms with Gasteiger partial charge in [-0.05, 0) is 43.2 Å². The summed E-state index contributed by atoms with van der Waals surface area (Å²) in [6.07, 6.45) is 0. The second-order valence-electron chi connectivity index (χ2n) is 5.99. The predicted octanol–water partition coefficient (Wildman–Crippen LogP) is 2.55. The third kappa shape index (κ3) is 3.10. The maximum atomic E-state index is 12.1. The van der Waals surface area contributed by atoms with Crippen LogP contribution in [0.3, 0.4) is 0 Å². The lowest BCUT2D eigenvalue weighted by molar-refractivity contribution is -0.118. The maximum absolute atomic E-state index is 12.1. The number of hydrogen-bond donors (Lipinski definition) is 1. The van der Waals surface area contributed by atoms with Crippen LogP contribution in [0.4, 0.5) is 5.69 Å². The molecule has 0 saturated carbocycles. The molecule has 0 saturated heterocycles. The van der Waals surface area contributed by atoms with Crippen LogP contribution >= 0.6 is 0 Å². The fourth-order valence-corrected chi connectivity index (χ4v) is 2.80. The molecule has 25 heavy (non-hydrogen) atoms. The van der Waals surface area contributed by atoms with Crippen molar-refractivity contribution in [1.82, 2.24) is 4.90 Å². The van der Waals surface area contributed by atoms with E-state index in [0.717, 1.165) is 16.0 Å². The highest BCUT2D eigenvalue weighted by molar-refractivity contribution is 6.21. The van der Waals surface area contributed by atoms with Crippen molar-refractivity contribution in [2.45, 2.75) is 13.8 Å². The van der Waals surface area contributed by atoms with Crippen molar-refractivity contribution in [1.29, 1.82) is 0 Å². The zero-order valence-corrected chi connectivity index (χ0v) is 14.3. The number of para-hydroxylation sites is 1. The Morgan fingerprint density at radius 2 is 1.68 bits per heavy atom. The summed E-state index contributed by atoms with van der Waals surface area (Å²) < 4.78 is 5.61. The van der Waals surface area contributed by atoms with Crippen LogP contribution in [-0.4, -0.2) is 36.3 Å². The van der Waals surface area contributed by atoms with Crippen molar-refractivity contribution in [2.24, 2.45) is 0 Å². The molecule has 1 N–H and O–H groups in total. The molecule has 3 amide bonds. The van der Waals surface area contributed by atoms with Gasteiger partial charge in [-0.25, -0.2) is 0 Å². The number of amides is 3. The zero-order valence-electron chi connectivity index (χ0n) is 14.3. The van der Waals surface area contributed by atoms with Crippen molar-refractivity contribution in [3.05, 3.63) is 58.7 Å². The number of rotatable bonds is 4. The minimum Gasteiger partial charge on any atom is -0.483 e. The van der Waals surface area contributed by atoms with Gasteiger partial charge in [0.05, 0.1) is 11.1 Å². The zero-order chi connectivity index (χ0) is 18.1. The van der Waals surface area contributed by atoms with E-state index in [4.69, 9.17) is 4.74 Å². The number of fused-ring (bicyclic) bond motifs is 1. The first-order valence-electron chi connectivity index (χ1n) is 7.84. The number of benzene rings is 2. The quantitative estimate of drug-likeness (QED) is 0.869. The number of nitrogens with one attached hydrogen (secondary N) is 1. The van der Waals surface area contributed by atoms with Gasteiger partial charge in [-0.15, -0.1) is 0 Å². The lowest BCUT2D eigenvalue weighted by Gasteiger charge is -2.12. The third-order valence-electron chi connectivity index (χ3n) is 4.13. The number of nitrogens with zero attached hydrogens (tertiary/aromatic N) is 1. The molecule has 6 nitrogen and oxygen atoms in total. The summed E-state index contributed by atoms with van der Waals surface area (Å²) in [7, 11) is 1.43. The number of aryl methyl sites for hydroxylation is 2. The average molecular weight is 338 g/mol. The van der Waals surface area contributed by atoms with E-state index in [0.29, 0.717) is 22.6 Å². The first-order chi connectivity index (χ1) is 11.9. The molecule has 6 heteroatoms. The summed E-state index contributed by atoms with van der Waals surface area (Å²) in [6, 6.07) is 10.4. The number of ether oxygens (including phenoxy) is 1. The number of anilines is 1. The van der Waals surface area contributed by atoms with E-state index < -0.39 is 0 Å². The van der Waals surface area contributed by atoms with Gasteiger partial charge in [0.15, 0.2) is 6.61 Å². The van der Waals surface area contributed by atoms with Crippen molar-refractivity contribution in [3.63, 3.8) is 0 Å². The predicted molar refractivity (Wildman–Crippen MR) is 92.9 cm³/mol. The fraction of sp³-hybridized carbons (Fsp3) is 0.211. The highest BCUT2D eigenvalue weighted by atomic mass is 16.5. The molecule has 2 aromatic carbocycles. The molecule has 2 aromatic rings. The van der Waals surface area contributed by atoms with Crippen LogP contribution in [0.5, 0.6) is 5.75 Å². The van der Waals surface area contributed by atoms with Gasteiger partial charge in [-0.1, -0.05) is 18.2 Å². The third-order valence-corrected chi connectivity index (χ3v) is 4.13. The Morgan fingerprint density at radius 1 is 1.04 bits per heavy atom. The van der Waals surface area contributed by atoms with Gasteiger partial charge in [0, 0.05) is 12.7 Å². The summed E-state index contributed by atoms with van der Waals surface area (Å²) >= 11 is 0. The smallest absolute Gasteiger partial charge is 0.262 e. The summed E-state index contributed by atoms with van der Waals surface area (Å²) in [6.45, 7) is 3.69. The molecule has 0 spiro atoms. The van der Waals surface area contributed by atoms with E-state index in [1.165, 1.54) is 13.1 Å². The molecule has 0 aliphatic carbocycles. The normalized spacial score (nSPS) is 13.0. The molecular weight excluding hydrogens is 320 g/mol. The van der Waals surface area contributed by atoms with Crippen LogP contribution in [0.15, 0.2) is 36.4 Å². The minimum atomic E-state index is -0.372. The van der Waals surface area contributed by atoms with Crippen molar-refractivity contribution in [3.8, 4) is 5.75 Å². The average Bonchev–Trinajstić information content (AvgIpc) is 2.79. The van der Waals surface area contributed by atoms with Gasteiger partial charge in [-0.3, -0.25) is 19.3 Å². The van der Waals surface area contributed by atoms with Gasteiger partial charge < -0.3 is 10.1 Å². The highest BCUT2D eigenvalue weighted by Gasteiger charge is 2.32. The monoisotopic (exact) mass is 338 g/mol. The van der Waals surface area contributed by atoms with Crippen LogP contribution < -0.4 is 10.1 Å². The topological polar surface area (TPSA) is 75.7 Å². The maximum Gasteiger partial charge on any atom is 0.262 e. The Labute approximate surface area is 145 Å². The van der Waals surface area contributed by atoms with E-state index in [-0.39, 0.29) is 24.3 Å². The SMILES string of the molecule is Cc1cccc(C)c1OCC(=O)Nc1ccc2c(c1)C(=O)N(C)C2=O. The molecule has 1 heterocycles. The van der Waals surface area contributed by atoms with Crippen LogP contribution in [0.2, 0.25) is 0 Å². The van der Waals surface area contributed by atoms with Crippen molar-refractivity contribution in [2.75, 3.05) is 19.0 Å². The van der Waals surface area contributed by atoms with Crippen molar-refractivity contribution >= 4 is 23.4 Å². The lowest BCUT2D eigenvalue weighted by atomic mass is 10.1. The Morgan fingerprint density at radius 3 is 2.36 bits per heavy atom. The van der Waals surface area contributed by atoms with Crippen molar-refractivity contribution < 1.29 is 19.1 Å². The minimum absolute atomic E-state index is 0.143. The number of imide groups is 1. The van der Waals surface area contributed by atoms with Gasteiger partial charge in [0.2, 0.25) is 0 Å². The first kappa shape index (κ1) is 16.7. The second kappa shape index (κ2) is 6.39. The highest BCUT2D eigenvalue weighted by Crippen LogP contribution is 2.25. The van der Waals surface area contributed by atoms with Gasteiger partial charge in [0.25, 0.3) is 17.7 Å². The van der Waals surface area contributed by atoms with Crippen LogP contribution in [0.25, 0.3) is 0 Å². The van der Waals surface area contributed by atoms with Gasteiger partial charge in [0.1, 0.15) is 5.75 Å². The van der Waals surface area contributed by atoms with Gasteiger partial charge >= 0.3 is 0 Å². The molecule has 0 atom stereocenters. The van der Waals surface area contributed by atoms with Crippen LogP contribution in [0.1, 0.15) is 31.8 Å². The van der Waals surface area contributed by atoms with E-state index >= 15 is 0 Å². The summed E-state index contributed by atoms with van der Waals surface area (Å²) in [5, 5.41) is 2.69. The lowest BCUT2D eigenvalue weighted by Crippen LogP contribution is -2.24. The summed E-state index contributed by atoms with van der Waals surface area (Å²) in [5.41, 5.74) is 3.00. The van der Waals surface area contributed by atoms with Crippen LogP contribution in [0, 0.1) is 13.8 Å². The van der Waals surface area contributed by atoms with E-state index in [9.17, 15) is 14.4 Å². The van der Waals surface area contributed by atoms with Gasteiger partial charge in [-0.2, -0.15) is 0 Å². The Kier molecular flexibility index (Phi) is 4.27. The number of carbonyl (C=O) groups is 3. The Bertz CT molecular complexity index is 869. The molecule has 0 bridgehead atoms. The molecular formula is C19H18N2O4. The fourth-order valence-electron chi connectivity index (χ4n) is 2.80. The Hall–Kier alpha value is -3.15. The first-order valence-corrected chi connectivity index (χ1v) is 7.84. The number of carbonyl (C=O) groups excluding carboxylic acids is 3. The van der Waals surface area contributed by atoms with Crippen LogP contribution in [-0.2, 0) is 4.79 Å².